The number of hydrogen-bond acceptors (Lipinski definition) is 1. The van der Waals surface area contributed by atoms with Crippen LogP contribution in [0.1, 0.15) is 32.3 Å². The van der Waals surface area contributed by atoms with Gasteiger partial charge in [0.15, 0.2) is 0 Å². The Labute approximate surface area is 114 Å². The second-order valence-electron chi connectivity index (χ2n) is 4.62. The summed E-state index contributed by atoms with van der Waals surface area (Å²) in [6.07, 6.45) is 4.31. The number of allylic oxidation sites excluding steroid dienone is 2. The smallest absolute Gasteiger partial charge is 0.109 e. The van der Waals surface area contributed by atoms with Gasteiger partial charge in [0, 0.05) is 18.7 Å². The van der Waals surface area contributed by atoms with Gasteiger partial charge in [-0.05, 0) is 38.8 Å². The van der Waals surface area contributed by atoms with E-state index in [2.05, 4.69) is 24.8 Å². The molecule has 0 radical (unpaired) electrons. The fourth-order valence-electron chi connectivity index (χ4n) is 2.21. The summed E-state index contributed by atoms with van der Waals surface area (Å²) in [7, 11) is 0. The van der Waals surface area contributed by atoms with E-state index in [-0.39, 0.29) is 0 Å². The van der Waals surface area contributed by atoms with Crippen LogP contribution in [-0.2, 0) is 0 Å². The minimum Gasteiger partial charge on any atom is -0.334 e. The van der Waals surface area contributed by atoms with Crippen molar-refractivity contribution in [2.24, 2.45) is 4.99 Å². The zero-order chi connectivity index (χ0) is 13.1. The van der Waals surface area contributed by atoms with E-state index < -0.39 is 0 Å². The highest BCUT2D eigenvalue weighted by Crippen LogP contribution is 2.30. The summed E-state index contributed by atoms with van der Waals surface area (Å²) in [4.78, 5) is 7.06. The van der Waals surface area contributed by atoms with E-state index in [1.807, 2.05) is 25.1 Å². The minimum absolute atomic E-state index is 0.729. The fraction of sp³-hybridized carbons (Fsp3) is 0.400. The number of benzene rings is 1. The molecule has 2 rings (SSSR count). The number of amidine groups is 1. The first-order chi connectivity index (χ1) is 8.63. The van der Waals surface area contributed by atoms with Gasteiger partial charge in [-0.3, -0.25) is 0 Å². The number of aliphatic imine (C=N–C) groups is 1. The number of likely N-dealkylation sites (tertiary alicyclic amines) is 1. The minimum atomic E-state index is 0.729. The van der Waals surface area contributed by atoms with E-state index in [4.69, 9.17) is 16.6 Å². The molecule has 0 unspecified atom stereocenters. The highest BCUT2D eigenvalue weighted by molar-refractivity contribution is 6.33. The van der Waals surface area contributed by atoms with Crippen molar-refractivity contribution in [3.63, 3.8) is 0 Å². The van der Waals surface area contributed by atoms with E-state index in [0.717, 1.165) is 41.5 Å². The summed E-state index contributed by atoms with van der Waals surface area (Å²) in [5.74, 6) is 1.13. The van der Waals surface area contributed by atoms with Gasteiger partial charge in [-0.1, -0.05) is 29.8 Å². The first kappa shape index (κ1) is 13.2. The van der Waals surface area contributed by atoms with E-state index in [9.17, 15) is 0 Å². The number of hydrogen-bond donors (Lipinski definition) is 0. The Hall–Kier alpha value is -1.28. The maximum absolute atomic E-state index is 6.23. The van der Waals surface area contributed by atoms with E-state index in [1.54, 1.807) is 0 Å². The molecule has 1 aromatic rings. The quantitative estimate of drug-likeness (QED) is 0.754. The maximum atomic E-state index is 6.23. The van der Waals surface area contributed by atoms with Gasteiger partial charge in [0.05, 0.1) is 10.7 Å². The van der Waals surface area contributed by atoms with Gasteiger partial charge in [0.25, 0.3) is 0 Å². The molecule has 0 saturated carbocycles. The van der Waals surface area contributed by atoms with Crippen molar-refractivity contribution in [3.8, 4) is 0 Å². The molecule has 0 atom stereocenters. The lowest BCUT2D eigenvalue weighted by Gasteiger charge is -2.19. The van der Waals surface area contributed by atoms with E-state index >= 15 is 0 Å². The van der Waals surface area contributed by atoms with Gasteiger partial charge in [-0.15, -0.1) is 0 Å². The maximum Gasteiger partial charge on any atom is 0.109 e. The highest BCUT2D eigenvalue weighted by atomic mass is 35.5. The molecule has 0 aliphatic carbocycles. The van der Waals surface area contributed by atoms with Crippen LogP contribution >= 0.6 is 11.6 Å². The number of aryl methyl sites for hydroxylation is 1. The Morgan fingerprint density at radius 2 is 2.22 bits per heavy atom. The molecule has 2 nitrogen and oxygen atoms in total. The molecule has 0 aromatic heterocycles. The van der Waals surface area contributed by atoms with Crippen molar-refractivity contribution in [1.82, 2.24) is 4.90 Å². The standard InChI is InChI=1S/C15H19ClN2/c1-4-12(3)18-10-6-9-14(18)17-15-11(2)7-5-8-13(15)16/h4-5,7-8H,6,9-10H2,1-3H3/b12-4-,17-14?. The zero-order valence-corrected chi connectivity index (χ0v) is 12.0. The zero-order valence-electron chi connectivity index (χ0n) is 11.2. The largest absolute Gasteiger partial charge is 0.334 e. The molecule has 1 aliphatic heterocycles. The van der Waals surface area contributed by atoms with Crippen LogP contribution in [0.5, 0.6) is 0 Å². The van der Waals surface area contributed by atoms with Gasteiger partial charge in [-0.25, -0.2) is 4.99 Å². The molecule has 96 valence electrons. The van der Waals surface area contributed by atoms with Crippen LogP contribution in [0.25, 0.3) is 0 Å². The van der Waals surface area contributed by atoms with Crippen LogP contribution in [0, 0.1) is 6.92 Å². The second kappa shape index (κ2) is 5.57. The fourth-order valence-corrected chi connectivity index (χ4v) is 2.47. The first-order valence-electron chi connectivity index (χ1n) is 6.36. The summed E-state index contributed by atoms with van der Waals surface area (Å²) >= 11 is 6.23. The van der Waals surface area contributed by atoms with Crippen LogP contribution in [0.2, 0.25) is 5.02 Å². The molecule has 0 amide bonds. The number of nitrogens with zero attached hydrogens (tertiary/aromatic N) is 2. The molecule has 0 bridgehead atoms. The van der Waals surface area contributed by atoms with Crippen LogP contribution in [0.4, 0.5) is 5.69 Å². The predicted octanol–water partition coefficient (Wildman–Crippen LogP) is 4.70. The topological polar surface area (TPSA) is 15.6 Å². The summed E-state index contributed by atoms with van der Waals surface area (Å²) in [6.45, 7) is 7.29. The number of rotatable bonds is 2. The normalized spacial score (nSPS) is 18.8. The third kappa shape index (κ3) is 2.59. The van der Waals surface area contributed by atoms with Crippen molar-refractivity contribution >= 4 is 23.1 Å². The molecule has 1 saturated heterocycles. The molecule has 0 N–H and O–H groups in total. The molecule has 1 aromatic carbocycles. The SMILES string of the molecule is C/C=C(/C)N1CCCC1=Nc1c(C)cccc1Cl. The van der Waals surface area contributed by atoms with Crippen molar-refractivity contribution in [2.45, 2.75) is 33.6 Å². The van der Waals surface area contributed by atoms with Crippen LogP contribution in [-0.4, -0.2) is 17.3 Å². The van der Waals surface area contributed by atoms with Gasteiger partial charge in [-0.2, -0.15) is 0 Å². The molecular formula is C15H19ClN2. The van der Waals surface area contributed by atoms with Crippen LogP contribution in [0.15, 0.2) is 35.0 Å². The van der Waals surface area contributed by atoms with Crippen molar-refractivity contribution in [2.75, 3.05) is 6.54 Å². The Kier molecular flexibility index (Phi) is 4.07. The Morgan fingerprint density at radius 3 is 2.89 bits per heavy atom. The third-order valence-electron chi connectivity index (χ3n) is 3.37. The predicted molar refractivity (Wildman–Crippen MR) is 78.7 cm³/mol. The van der Waals surface area contributed by atoms with Crippen molar-refractivity contribution in [3.05, 3.63) is 40.6 Å². The lowest BCUT2D eigenvalue weighted by molar-refractivity contribution is 0.555. The lowest BCUT2D eigenvalue weighted by atomic mass is 10.2. The van der Waals surface area contributed by atoms with Crippen LogP contribution in [0.3, 0.4) is 0 Å². The van der Waals surface area contributed by atoms with Gasteiger partial charge >= 0.3 is 0 Å². The van der Waals surface area contributed by atoms with Gasteiger partial charge < -0.3 is 4.90 Å². The average molecular weight is 263 g/mol. The highest BCUT2D eigenvalue weighted by Gasteiger charge is 2.20. The van der Waals surface area contributed by atoms with E-state index in [1.165, 1.54) is 5.70 Å². The monoisotopic (exact) mass is 262 g/mol. The molecule has 18 heavy (non-hydrogen) atoms. The molecule has 1 fully saturated rings. The molecule has 1 heterocycles. The second-order valence-corrected chi connectivity index (χ2v) is 5.03. The Morgan fingerprint density at radius 1 is 1.44 bits per heavy atom. The molecule has 0 spiro atoms. The summed E-state index contributed by atoms with van der Waals surface area (Å²) in [5, 5.41) is 0.729. The van der Waals surface area contributed by atoms with E-state index in [0.29, 0.717) is 0 Å². The van der Waals surface area contributed by atoms with Crippen molar-refractivity contribution in [1.29, 1.82) is 0 Å². The summed E-state index contributed by atoms with van der Waals surface area (Å²) in [5.41, 5.74) is 3.29. The average Bonchev–Trinajstić information content (AvgIpc) is 2.81. The van der Waals surface area contributed by atoms with Crippen LogP contribution < -0.4 is 0 Å². The third-order valence-corrected chi connectivity index (χ3v) is 3.67. The molecular weight excluding hydrogens is 244 g/mol. The molecule has 3 heteroatoms. The number of halogens is 1. The Balaban J connectivity index is 2.38. The summed E-state index contributed by atoms with van der Waals surface area (Å²) < 4.78 is 0. The molecule has 1 aliphatic rings. The number of para-hydroxylation sites is 1. The summed E-state index contributed by atoms with van der Waals surface area (Å²) in [6, 6.07) is 5.91. The van der Waals surface area contributed by atoms with Crippen molar-refractivity contribution < 1.29 is 0 Å². The lowest BCUT2D eigenvalue weighted by Crippen LogP contribution is -2.22. The van der Waals surface area contributed by atoms with Gasteiger partial charge in [0.2, 0.25) is 0 Å². The first-order valence-corrected chi connectivity index (χ1v) is 6.74. The van der Waals surface area contributed by atoms with Gasteiger partial charge in [0.1, 0.15) is 5.84 Å². The Bertz CT molecular complexity index is 483.